The SMILES string of the molecule is CC(C(=O)N1CCN(C(=O)c2ccco2)CC1)N(C)CC(=O)Nc1cccc(Cl)c1. The smallest absolute Gasteiger partial charge is 0.289 e. The number of benzene rings is 1. The number of rotatable bonds is 6. The Labute approximate surface area is 180 Å². The fourth-order valence-corrected chi connectivity index (χ4v) is 3.46. The number of halogens is 1. The molecule has 0 radical (unpaired) electrons. The molecule has 3 amide bonds. The summed E-state index contributed by atoms with van der Waals surface area (Å²) >= 11 is 5.93. The molecule has 0 aliphatic carbocycles. The quantitative estimate of drug-likeness (QED) is 0.756. The number of hydrogen-bond acceptors (Lipinski definition) is 5. The highest BCUT2D eigenvalue weighted by Crippen LogP contribution is 2.15. The van der Waals surface area contributed by atoms with Crippen molar-refractivity contribution in [2.24, 2.45) is 0 Å². The topological polar surface area (TPSA) is 86.1 Å². The Morgan fingerprint density at radius 2 is 1.83 bits per heavy atom. The molecule has 1 aromatic carbocycles. The summed E-state index contributed by atoms with van der Waals surface area (Å²) in [6.07, 6.45) is 1.47. The lowest BCUT2D eigenvalue weighted by Crippen LogP contribution is -2.55. The standard InChI is InChI=1S/C21H25ClN4O4/c1-15(24(2)14-19(27)23-17-6-3-5-16(22)13-17)20(28)25-8-10-26(11-9-25)21(29)18-7-4-12-30-18/h3-7,12-13,15H,8-11,14H2,1-2H3,(H,23,27). The summed E-state index contributed by atoms with van der Waals surface area (Å²) in [6.45, 7) is 3.61. The largest absolute Gasteiger partial charge is 0.459 e. The third-order valence-electron chi connectivity index (χ3n) is 5.13. The van der Waals surface area contributed by atoms with Gasteiger partial charge in [0.25, 0.3) is 5.91 Å². The van der Waals surface area contributed by atoms with Crippen molar-refractivity contribution in [2.45, 2.75) is 13.0 Å². The Morgan fingerprint density at radius 1 is 1.13 bits per heavy atom. The lowest BCUT2D eigenvalue weighted by atomic mass is 10.2. The molecule has 1 N–H and O–H groups in total. The first kappa shape index (κ1) is 21.9. The second-order valence-corrected chi connectivity index (χ2v) is 7.68. The molecule has 2 aromatic rings. The van der Waals surface area contributed by atoms with E-state index in [4.69, 9.17) is 16.0 Å². The van der Waals surface area contributed by atoms with Gasteiger partial charge in [0.2, 0.25) is 11.8 Å². The van der Waals surface area contributed by atoms with Gasteiger partial charge in [-0.1, -0.05) is 17.7 Å². The number of hydrogen-bond donors (Lipinski definition) is 1. The number of carbonyl (C=O) groups is 3. The molecule has 1 aliphatic rings. The van der Waals surface area contributed by atoms with Crippen LogP contribution in [0.2, 0.25) is 5.02 Å². The number of nitrogens with one attached hydrogen (secondary N) is 1. The fourth-order valence-electron chi connectivity index (χ4n) is 3.27. The average Bonchev–Trinajstić information content (AvgIpc) is 3.27. The highest BCUT2D eigenvalue weighted by molar-refractivity contribution is 6.30. The van der Waals surface area contributed by atoms with E-state index in [1.165, 1.54) is 6.26 Å². The minimum atomic E-state index is -0.470. The van der Waals surface area contributed by atoms with Crippen molar-refractivity contribution in [3.8, 4) is 0 Å². The lowest BCUT2D eigenvalue weighted by Gasteiger charge is -2.37. The Balaban J connectivity index is 1.48. The summed E-state index contributed by atoms with van der Waals surface area (Å²) in [5.74, 6) is -0.171. The summed E-state index contributed by atoms with van der Waals surface area (Å²) in [6, 6.07) is 9.73. The van der Waals surface area contributed by atoms with E-state index in [-0.39, 0.29) is 24.3 Å². The average molecular weight is 433 g/mol. The number of nitrogens with zero attached hydrogens (tertiary/aromatic N) is 3. The van der Waals surface area contributed by atoms with Crippen molar-refractivity contribution in [3.63, 3.8) is 0 Å². The predicted molar refractivity (Wildman–Crippen MR) is 113 cm³/mol. The molecule has 1 aromatic heterocycles. The Kier molecular flexibility index (Phi) is 7.12. The van der Waals surface area contributed by atoms with Crippen LogP contribution in [-0.2, 0) is 9.59 Å². The molecule has 160 valence electrons. The van der Waals surface area contributed by atoms with E-state index in [9.17, 15) is 14.4 Å². The number of piperazine rings is 1. The number of amides is 3. The molecule has 0 spiro atoms. The first-order chi connectivity index (χ1) is 14.3. The number of furan rings is 1. The van der Waals surface area contributed by atoms with Gasteiger partial charge in [-0.2, -0.15) is 0 Å². The zero-order chi connectivity index (χ0) is 21.7. The Bertz CT molecular complexity index is 894. The van der Waals surface area contributed by atoms with Gasteiger partial charge >= 0.3 is 0 Å². The molecule has 1 unspecified atom stereocenters. The monoisotopic (exact) mass is 432 g/mol. The zero-order valence-electron chi connectivity index (χ0n) is 17.0. The van der Waals surface area contributed by atoms with E-state index < -0.39 is 6.04 Å². The minimum absolute atomic E-state index is 0.0658. The van der Waals surface area contributed by atoms with Crippen molar-refractivity contribution in [1.29, 1.82) is 0 Å². The minimum Gasteiger partial charge on any atom is -0.459 e. The van der Waals surface area contributed by atoms with Crippen LogP contribution in [0, 0.1) is 0 Å². The summed E-state index contributed by atoms with van der Waals surface area (Å²) in [4.78, 5) is 42.6. The van der Waals surface area contributed by atoms with E-state index in [1.54, 1.807) is 65.1 Å². The molecule has 0 saturated carbocycles. The second kappa shape index (κ2) is 9.77. The molecule has 1 saturated heterocycles. The zero-order valence-corrected chi connectivity index (χ0v) is 17.8. The summed E-state index contributed by atoms with van der Waals surface area (Å²) < 4.78 is 5.15. The fraction of sp³-hybridized carbons (Fsp3) is 0.381. The van der Waals surface area contributed by atoms with E-state index in [1.807, 2.05) is 0 Å². The Hall–Kier alpha value is -2.84. The van der Waals surface area contributed by atoms with Gasteiger partial charge in [0.1, 0.15) is 0 Å². The van der Waals surface area contributed by atoms with Gasteiger partial charge in [-0.05, 0) is 44.3 Å². The van der Waals surface area contributed by atoms with Gasteiger partial charge in [0.15, 0.2) is 5.76 Å². The Morgan fingerprint density at radius 3 is 2.47 bits per heavy atom. The molecule has 1 fully saturated rings. The summed E-state index contributed by atoms with van der Waals surface area (Å²) in [5.41, 5.74) is 0.609. The van der Waals surface area contributed by atoms with Gasteiger partial charge in [-0.15, -0.1) is 0 Å². The first-order valence-corrected chi connectivity index (χ1v) is 10.1. The van der Waals surface area contributed by atoms with Gasteiger partial charge in [0.05, 0.1) is 18.8 Å². The van der Waals surface area contributed by atoms with Crippen molar-refractivity contribution in [2.75, 3.05) is 45.1 Å². The van der Waals surface area contributed by atoms with Crippen molar-refractivity contribution < 1.29 is 18.8 Å². The van der Waals surface area contributed by atoms with Crippen LogP contribution in [-0.4, -0.2) is 78.2 Å². The number of carbonyl (C=O) groups excluding carboxylic acids is 3. The maximum Gasteiger partial charge on any atom is 0.289 e. The normalized spacial score (nSPS) is 15.2. The summed E-state index contributed by atoms with van der Waals surface area (Å²) in [5, 5.41) is 3.31. The van der Waals surface area contributed by atoms with Crippen LogP contribution in [0.1, 0.15) is 17.5 Å². The van der Waals surface area contributed by atoms with Crippen LogP contribution in [0.4, 0.5) is 5.69 Å². The van der Waals surface area contributed by atoms with E-state index >= 15 is 0 Å². The molecule has 30 heavy (non-hydrogen) atoms. The molecule has 1 aliphatic heterocycles. The van der Waals surface area contributed by atoms with Gasteiger partial charge in [0, 0.05) is 36.9 Å². The second-order valence-electron chi connectivity index (χ2n) is 7.24. The molecule has 3 rings (SSSR count). The number of likely N-dealkylation sites (N-methyl/N-ethyl adjacent to an activating group) is 1. The van der Waals surface area contributed by atoms with E-state index in [0.717, 1.165) is 0 Å². The maximum absolute atomic E-state index is 12.8. The van der Waals surface area contributed by atoms with Crippen LogP contribution in [0.25, 0.3) is 0 Å². The van der Waals surface area contributed by atoms with Gasteiger partial charge < -0.3 is 19.5 Å². The van der Waals surface area contributed by atoms with Crippen LogP contribution in [0.5, 0.6) is 0 Å². The molecule has 1 atom stereocenters. The lowest BCUT2D eigenvalue weighted by molar-refractivity contribution is -0.137. The third-order valence-corrected chi connectivity index (χ3v) is 5.37. The van der Waals surface area contributed by atoms with E-state index in [2.05, 4.69) is 5.32 Å². The third kappa shape index (κ3) is 5.40. The predicted octanol–water partition coefficient (Wildman–Crippen LogP) is 2.18. The molecule has 8 nitrogen and oxygen atoms in total. The highest BCUT2D eigenvalue weighted by Gasteiger charge is 2.30. The molecule has 0 bridgehead atoms. The van der Waals surface area contributed by atoms with Gasteiger partial charge in [-0.25, -0.2) is 0 Å². The van der Waals surface area contributed by atoms with Crippen LogP contribution in [0.3, 0.4) is 0 Å². The molecule has 9 heteroatoms. The molecule has 2 heterocycles. The van der Waals surface area contributed by atoms with Crippen LogP contribution in [0.15, 0.2) is 47.1 Å². The molecular formula is C21H25ClN4O4. The van der Waals surface area contributed by atoms with Crippen molar-refractivity contribution >= 4 is 35.0 Å². The molecular weight excluding hydrogens is 408 g/mol. The van der Waals surface area contributed by atoms with Crippen molar-refractivity contribution in [3.05, 3.63) is 53.4 Å². The van der Waals surface area contributed by atoms with Crippen LogP contribution >= 0.6 is 11.6 Å². The summed E-state index contributed by atoms with van der Waals surface area (Å²) in [7, 11) is 1.73. The number of anilines is 1. The highest BCUT2D eigenvalue weighted by atomic mass is 35.5. The van der Waals surface area contributed by atoms with Crippen LogP contribution < -0.4 is 5.32 Å². The van der Waals surface area contributed by atoms with Crippen molar-refractivity contribution in [1.82, 2.24) is 14.7 Å². The first-order valence-electron chi connectivity index (χ1n) is 9.72. The maximum atomic E-state index is 12.8. The van der Waals surface area contributed by atoms with E-state index in [0.29, 0.717) is 42.6 Å². The van der Waals surface area contributed by atoms with Gasteiger partial charge in [-0.3, -0.25) is 19.3 Å².